The predicted molar refractivity (Wildman–Crippen MR) is 78.0 cm³/mol. The molecule has 0 radical (unpaired) electrons. The molecule has 1 heterocycles. The molecule has 2 aromatic rings. The Morgan fingerprint density at radius 2 is 1.77 bits per heavy atom. The second-order valence-corrected chi connectivity index (χ2v) is 6.80. The fourth-order valence-electron chi connectivity index (χ4n) is 1.91. The number of sulfone groups is 1. The number of carbonyl (C=O) groups is 1. The zero-order valence-electron chi connectivity index (χ0n) is 11.6. The van der Waals surface area contributed by atoms with Crippen molar-refractivity contribution in [1.29, 1.82) is 0 Å². The summed E-state index contributed by atoms with van der Waals surface area (Å²) in [5.74, 6) is -2.09. The van der Waals surface area contributed by atoms with Gasteiger partial charge in [-0.1, -0.05) is 12.1 Å². The lowest BCUT2D eigenvalue weighted by molar-refractivity contribution is 0.0694. The summed E-state index contributed by atoms with van der Waals surface area (Å²) < 4.78 is 24.1. The molecule has 0 atom stereocenters. The standard InChI is InChI=1S/C14H13NO6S/c1-22(20,21)10-4-2-9(3-5-10)6-15-7-11(14(18)19)13(17)12(16)8-15/h2-5,7-8,16H,6H2,1H3,(H,18,19). The van der Waals surface area contributed by atoms with E-state index in [1.807, 2.05) is 0 Å². The van der Waals surface area contributed by atoms with Crippen LogP contribution in [0.25, 0.3) is 0 Å². The molecule has 0 unspecified atom stereocenters. The topological polar surface area (TPSA) is 114 Å². The second kappa shape index (κ2) is 5.64. The molecular formula is C14H13NO6S. The van der Waals surface area contributed by atoms with Crippen molar-refractivity contribution < 1.29 is 23.4 Å². The highest BCUT2D eigenvalue weighted by Gasteiger charge is 2.13. The average Bonchev–Trinajstić information content (AvgIpc) is 2.42. The average molecular weight is 323 g/mol. The van der Waals surface area contributed by atoms with E-state index in [1.54, 1.807) is 12.1 Å². The predicted octanol–water partition coefficient (Wildman–Crippen LogP) is 0.704. The van der Waals surface area contributed by atoms with Gasteiger partial charge in [0.1, 0.15) is 5.56 Å². The zero-order chi connectivity index (χ0) is 16.5. The number of aromatic nitrogens is 1. The maximum absolute atomic E-state index is 11.5. The van der Waals surface area contributed by atoms with E-state index in [0.29, 0.717) is 5.56 Å². The summed E-state index contributed by atoms with van der Waals surface area (Å²) in [7, 11) is -3.29. The molecule has 0 saturated carbocycles. The van der Waals surface area contributed by atoms with Gasteiger partial charge >= 0.3 is 5.97 Å². The molecule has 0 aliphatic carbocycles. The summed E-state index contributed by atoms with van der Waals surface area (Å²) >= 11 is 0. The molecule has 0 aliphatic heterocycles. The third kappa shape index (κ3) is 3.34. The summed E-state index contributed by atoms with van der Waals surface area (Å²) in [5, 5.41) is 18.4. The van der Waals surface area contributed by atoms with Gasteiger partial charge in [-0.3, -0.25) is 4.79 Å². The molecular weight excluding hydrogens is 310 g/mol. The van der Waals surface area contributed by atoms with Crippen LogP contribution in [-0.2, 0) is 16.4 Å². The number of nitrogens with zero attached hydrogens (tertiary/aromatic N) is 1. The number of hydrogen-bond donors (Lipinski definition) is 2. The third-order valence-corrected chi connectivity index (χ3v) is 4.14. The van der Waals surface area contributed by atoms with Crippen molar-refractivity contribution in [2.24, 2.45) is 0 Å². The summed E-state index contributed by atoms with van der Waals surface area (Å²) in [6, 6.07) is 6.02. The third-order valence-electron chi connectivity index (χ3n) is 3.01. The number of hydrogen-bond acceptors (Lipinski definition) is 5. The molecule has 0 saturated heterocycles. The maximum atomic E-state index is 11.5. The van der Waals surface area contributed by atoms with Crippen molar-refractivity contribution in [3.63, 3.8) is 0 Å². The first-order valence-corrected chi connectivity index (χ1v) is 8.03. The fourth-order valence-corrected chi connectivity index (χ4v) is 2.54. The van der Waals surface area contributed by atoms with Crippen LogP contribution < -0.4 is 5.43 Å². The lowest BCUT2D eigenvalue weighted by Gasteiger charge is -2.09. The first kappa shape index (κ1) is 15.8. The van der Waals surface area contributed by atoms with Gasteiger partial charge in [-0.05, 0) is 17.7 Å². The lowest BCUT2D eigenvalue weighted by Crippen LogP contribution is -2.17. The normalized spacial score (nSPS) is 11.3. The van der Waals surface area contributed by atoms with Crippen molar-refractivity contribution in [2.75, 3.05) is 6.26 Å². The van der Waals surface area contributed by atoms with Gasteiger partial charge in [0.15, 0.2) is 15.6 Å². The molecule has 0 bridgehead atoms. The summed E-state index contributed by atoms with van der Waals surface area (Å²) in [6.45, 7) is 0.179. The van der Waals surface area contributed by atoms with Gasteiger partial charge < -0.3 is 14.8 Å². The highest BCUT2D eigenvalue weighted by atomic mass is 32.2. The highest BCUT2D eigenvalue weighted by Crippen LogP contribution is 2.12. The fraction of sp³-hybridized carbons (Fsp3) is 0.143. The van der Waals surface area contributed by atoms with Crippen molar-refractivity contribution in [3.8, 4) is 5.75 Å². The van der Waals surface area contributed by atoms with Gasteiger partial charge in [-0.15, -0.1) is 0 Å². The van der Waals surface area contributed by atoms with Gasteiger partial charge in [0.25, 0.3) is 0 Å². The summed E-state index contributed by atoms with van der Waals surface area (Å²) in [5.41, 5.74) is -0.796. The van der Waals surface area contributed by atoms with Gasteiger partial charge in [0.05, 0.1) is 11.1 Å². The molecule has 2 N–H and O–H groups in total. The Labute approximate surface area is 126 Å². The molecule has 2 rings (SSSR count). The molecule has 8 heteroatoms. The Hall–Kier alpha value is -2.61. The summed E-state index contributed by atoms with van der Waals surface area (Å²) in [6.07, 6.45) is 3.34. The van der Waals surface area contributed by atoms with Crippen LogP contribution in [0.15, 0.2) is 46.3 Å². The van der Waals surface area contributed by atoms with E-state index < -0.39 is 32.5 Å². The van der Waals surface area contributed by atoms with Crippen molar-refractivity contribution >= 4 is 15.8 Å². The molecule has 7 nitrogen and oxygen atoms in total. The van der Waals surface area contributed by atoms with Gasteiger partial charge in [0.2, 0.25) is 5.43 Å². The van der Waals surface area contributed by atoms with E-state index in [9.17, 15) is 23.1 Å². The van der Waals surface area contributed by atoms with E-state index in [1.165, 1.54) is 16.7 Å². The summed E-state index contributed by atoms with van der Waals surface area (Å²) in [4.78, 5) is 22.6. The Morgan fingerprint density at radius 3 is 2.27 bits per heavy atom. The Morgan fingerprint density at radius 1 is 1.18 bits per heavy atom. The second-order valence-electron chi connectivity index (χ2n) is 4.78. The number of pyridine rings is 1. The van der Waals surface area contributed by atoms with Crippen LogP contribution in [0, 0.1) is 0 Å². The van der Waals surface area contributed by atoms with E-state index in [2.05, 4.69) is 0 Å². The van der Waals surface area contributed by atoms with Crippen LogP contribution in [0.5, 0.6) is 5.75 Å². The molecule has 0 spiro atoms. The first-order chi connectivity index (χ1) is 10.2. The van der Waals surface area contributed by atoms with Crippen LogP contribution in [0.3, 0.4) is 0 Å². The van der Waals surface area contributed by atoms with Crippen LogP contribution in [0.2, 0.25) is 0 Å². The Bertz CT molecular complexity index is 881. The molecule has 1 aromatic carbocycles. The smallest absolute Gasteiger partial charge is 0.341 e. The highest BCUT2D eigenvalue weighted by molar-refractivity contribution is 7.90. The van der Waals surface area contributed by atoms with E-state index >= 15 is 0 Å². The maximum Gasteiger partial charge on any atom is 0.341 e. The largest absolute Gasteiger partial charge is 0.503 e. The first-order valence-electron chi connectivity index (χ1n) is 6.14. The van der Waals surface area contributed by atoms with E-state index in [-0.39, 0.29) is 11.4 Å². The van der Waals surface area contributed by atoms with Crippen LogP contribution >= 0.6 is 0 Å². The van der Waals surface area contributed by atoms with E-state index in [0.717, 1.165) is 18.6 Å². The minimum atomic E-state index is -3.29. The number of benzene rings is 1. The van der Waals surface area contributed by atoms with Crippen LogP contribution in [-0.4, -0.2) is 35.4 Å². The Kier molecular flexibility index (Phi) is 4.05. The molecule has 116 valence electrons. The SMILES string of the molecule is CS(=O)(=O)c1ccc(Cn2cc(O)c(=O)c(C(=O)O)c2)cc1. The number of aromatic hydroxyl groups is 1. The van der Waals surface area contributed by atoms with Crippen LogP contribution in [0.4, 0.5) is 0 Å². The number of aromatic carboxylic acids is 1. The molecule has 0 fully saturated rings. The van der Waals surface area contributed by atoms with Crippen molar-refractivity contribution in [3.05, 3.63) is 58.0 Å². The minimum Gasteiger partial charge on any atom is -0.503 e. The van der Waals surface area contributed by atoms with Crippen molar-refractivity contribution in [1.82, 2.24) is 4.57 Å². The number of carboxylic acids is 1. The Balaban J connectivity index is 2.35. The molecule has 22 heavy (non-hydrogen) atoms. The van der Waals surface area contributed by atoms with Crippen molar-refractivity contribution in [2.45, 2.75) is 11.4 Å². The minimum absolute atomic E-state index is 0.172. The lowest BCUT2D eigenvalue weighted by atomic mass is 10.2. The quantitative estimate of drug-likeness (QED) is 0.856. The van der Waals surface area contributed by atoms with Gasteiger partial charge in [-0.2, -0.15) is 0 Å². The van der Waals surface area contributed by atoms with E-state index in [4.69, 9.17) is 5.11 Å². The molecule has 1 aromatic heterocycles. The van der Waals surface area contributed by atoms with Gasteiger partial charge in [0, 0.05) is 19.0 Å². The number of rotatable bonds is 4. The zero-order valence-corrected chi connectivity index (χ0v) is 12.4. The van der Waals surface area contributed by atoms with Crippen LogP contribution in [0.1, 0.15) is 15.9 Å². The molecule has 0 aliphatic rings. The molecule has 0 amide bonds. The monoisotopic (exact) mass is 323 g/mol. The van der Waals surface area contributed by atoms with Gasteiger partial charge in [-0.25, -0.2) is 13.2 Å². The number of carboxylic acid groups (broad SMARTS) is 1.